The number of hydrogen-bond acceptors (Lipinski definition) is 3. The highest BCUT2D eigenvalue weighted by Gasteiger charge is 2.07. The minimum Gasteiger partial charge on any atom is -0.478 e. The van der Waals surface area contributed by atoms with Gasteiger partial charge in [0.1, 0.15) is 11.6 Å². The molecule has 0 radical (unpaired) electrons. The number of rotatable bonds is 3. The number of nitrogens with zero attached hydrogens (tertiary/aromatic N) is 1. The molecule has 1 N–H and O–H groups in total. The summed E-state index contributed by atoms with van der Waals surface area (Å²) in [5.74, 6) is -1.13. The molecule has 0 saturated carbocycles. The first-order valence-corrected chi connectivity index (χ1v) is 5.26. The summed E-state index contributed by atoms with van der Waals surface area (Å²) in [6.45, 7) is 0. The zero-order chi connectivity index (χ0) is 13.1. The van der Waals surface area contributed by atoms with Gasteiger partial charge in [-0.05, 0) is 24.3 Å². The Morgan fingerprint density at radius 1 is 1.33 bits per heavy atom. The van der Waals surface area contributed by atoms with Crippen molar-refractivity contribution in [3.63, 3.8) is 0 Å². The molecule has 1 aromatic carbocycles. The molecule has 0 bridgehead atoms. The van der Waals surface area contributed by atoms with Crippen molar-refractivity contribution >= 4 is 17.6 Å². The molecule has 2 aromatic rings. The Labute approximate surface area is 107 Å². The third kappa shape index (κ3) is 2.75. The maximum atomic E-state index is 12.8. The fourth-order valence-corrected chi connectivity index (χ4v) is 1.44. The highest BCUT2D eigenvalue weighted by molar-refractivity contribution is 6.32. The predicted octanol–water partition coefficient (Wildman–Crippen LogP) is 3.36. The van der Waals surface area contributed by atoms with Gasteiger partial charge in [0.15, 0.2) is 0 Å². The number of hydrogen-bond donors (Lipinski definition) is 1. The Balaban J connectivity index is 2.21. The molecule has 0 unspecified atom stereocenters. The van der Waals surface area contributed by atoms with Gasteiger partial charge in [-0.3, -0.25) is 0 Å². The number of carbonyl (C=O) groups is 1. The molecule has 0 amide bonds. The van der Waals surface area contributed by atoms with E-state index in [9.17, 15) is 9.18 Å². The van der Waals surface area contributed by atoms with Crippen LogP contribution in [0.2, 0.25) is 5.02 Å². The summed E-state index contributed by atoms with van der Waals surface area (Å²) in [6, 6.07) is 6.42. The first-order valence-electron chi connectivity index (χ1n) is 4.88. The highest BCUT2D eigenvalue weighted by atomic mass is 35.5. The fourth-order valence-electron chi connectivity index (χ4n) is 1.24. The Kier molecular flexibility index (Phi) is 3.43. The molecule has 0 aliphatic rings. The fraction of sp³-hybridized carbons (Fsp3) is 0. The molecule has 0 spiro atoms. The van der Waals surface area contributed by atoms with Gasteiger partial charge in [0.05, 0.1) is 10.6 Å². The molecule has 0 aliphatic heterocycles. The summed E-state index contributed by atoms with van der Waals surface area (Å²) in [5.41, 5.74) is 0.0487. The van der Waals surface area contributed by atoms with Gasteiger partial charge in [-0.2, -0.15) is 0 Å². The van der Waals surface area contributed by atoms with Gasteiger partial charge in [-0.25, -0.2) is 14.2 Å². The second-order valence-corrected chi connectivity index (χ2v) is 3.77. The van der Waals surface area contributed by atoms with Gasteiger partial charge in [0, 0.05) is 12.3 Å². The van der Waals surface area contributed by atoms with Gasteiger partial charge in [-0.1, -0.05) is 11.6 Å². The molecule has 0 fully saturated rings. The number of carboxylic acids is 1. The van der Waals surface area contributed by atoms with Gasteiger partial charge >= 0.3 is 5.97 Å². The highest BCUT2D eigenvalue weighted by Crippen LogP contribution is 2.28. The van der Waals surface area contributed by atoms with Crippen LogP contribution in [-0.4, -0.2) is 16.1 Å². The molecule has 18 heavy (non-hydrogen) atoms. The molecule has 4 nitrogen and oxygen atoms in total. The van der Waals surface area contributed by atoms with Crippen LogP contribution in [0.25, 0.3) is 0 Å². The van der Waals surface area contributed by atoms with Crippen LogP contribution in [0.5, 0.6) is 11.6 Å². The summed E-state index contributed by atoms with van der Waals surface area (Å²) in [5, 5.41) is 8.81. The van der Waals surface area contributed by atoms with E-state index in [0.29, 0.717) is 0 Å². The molecule has 2 rings (SSSR count). The Morgan fingerprint density at radius 2 is 2.11 bits per heavy atom. The number of benzene rings is 1. The van der Waals surface area contributed by atoms with E-state index in [0.717, 1.165) is 12.3 Å². The van der Waals surface area contributed by atoms with Crippen LogP contribution in [0.3, 0.4) is 0 Å². The average molecular weight is 268 g/mol. The number of halogens is 2. The minimum absolute atomic E-state index is 0.0487. The summed E-state index contributed by atoms with van der Waals surface area (Å²) in [4.78, 5) is 14.4. The molecule has 0 aliphatic carbocycles. The molecule has 0 atom stereocenters. The lowest BCUT2D eigenvalue weighted by molar-refractivity contribution is 0.0696. The normalized spacial score (nSPS) is 10.1. The molecule has 0 saturated heterocycles. The molecular weight excluding hydrogens is 261 g/mol. The van der Waals surface area contributed by atoms with Crippen molar-refractivity contribution in [3.8, 4) is 11.6 Å². The molecule has 92 valence electrons. The number of aromatic carboxylic acids is 1. The van der Waals surface area contributed by atoms with Crippen molar-refractivity contribution in [3.05, 3.63) is 52.9 Å². The summed E-state index contributed by atoms with van der Waals surface area (Å²) in [6.07, 6.45) is 1.16. The van der Waals surface area contributed by atoms with Crippen molar-refractivity contribution in [2.75, 3.05) is 0 Å². The van der Waals surface area contributed by atoms with E-state index < -0.39 is 11.8 Å². The summed E-state index contributed by atoms with van der Waals surface area (Å²) < 4.78 is 18.1. The Bertz CT molecular complexity index is 586. The van der Waals surface area contributed by atoms with E-state index in [1.165, 1.54) is 24.3 Å². The van der Waals surface area contributed by atoms with Gasteiger partial charge in [0.2, 0.25) is 5.88 Å². The van der Waals surface area contributed by atoms with Gasteiger partial charge in [0.25, 0.3) is 0 Å². The Morgan fingerprint density at radius 3 is 2.67 bits per heavy atom. The van der Waals surface area contributed by atoms with Gasteiger partial charge in [-0.15, -0.1) is 0 Å². The van der Waals surface area contributed by atoms with Crippen LogP contribution in [0.4, 0.5) is 4.39 Å². The number of pyridine rings is 1. The van der Waals surface area contributed by atoms with Crippen LogP contribution in [0, 0.1) is 5.82 Å². The zero-order valence-corrected chi connectivity index (χ0v) is 9.69. The van der Waals surface area contributed by atoms with Crippen LogP contribution in [0.1, 0.15) is 10.4 Å². The second kappa shape index (κ2) is 5.01. The van der Waals surface area contributed by atoms with Crippen molar-refractivity contribution in [2.24, 2.45) is 0 Å². The molecule has 1 aromatic heterocycles. The SMILES string of the molecule is O=C(O)c1ccc(Oc2ccc(F)cc2Cl)nc1. The minimum atomic E-state index is -1.08. The maximum Gasteiger partial charge on any atom is 0.337 e. The van der Waals surface area contributed by atoms with Crippen molar-refractivity contribution in [1.29, 1.82) is 0 Å². The third-order valence-electron chi connectivity index (χ3n) is 2.09. The lowest BCUT2D eigenvalue weighted by Gasteiger charge is -2.06. The monoisotopic (exact) mass is 267 g/mol. The van der Waals surface area contributed by atoms with E-state index in [1.54, 1.807) is 0 Å². The van der Waals surface area contributed by atoms with Crippen LogP contribution >= 0.6 is 11.6 Å². The number of ether oxygens (including phenoxy) is 1. The van der Waals surface area contributed by atoms with Crippen LogP contribution in [-0.2, 0) is 0 Å². The smallest absolute Gasteiger partial charge is 0.337 e. The van der Waals surface area contributed by atoms with E-state index in [-0.39, 0.29) is 22.2 Å². The number of aromatic nitrogens is 1. The van der Waals surface area contributed by atoms with E-state index in [4.69, 9.17) is 21.4 Å². The van der Waals surface area contributed by atoms with E-state index in [2.05, 4.69) is 4.98 Å². The van der Waals surface area contributed by atoms with Crippen molar-refractivity contribution in [2.45, 2.75) is 0 Å². The predicted molar refractivity (Wildman–Crippen MR) is 62.7 cm³/mol. The maximum absolute atomic E-state index is 12.8. The zero-order valence-electron chi connectivity index (χ0n) is 8.93. The van der Waals surface area contributed by atoms with E-state index in [1.807, 2.05) is 0 Å². The molecule has 6 heteroatoms. The van der Waals surface area contributed by atoms with Crippen LogP contribution < -0.4 is 4.74 Å². The Hall–Kier alpha value is -2.14. The number of carboxylic acid groups (broad SMARTS) is 1. The van der Waals surface area contributed by atoms with Crippen molar-refractivity contribution in [1.82, 2.24) is 4.98 Å². The second-order valence-electron chi connectivity index (χ2n) is 3.37. The lowest BCUT2D eigenvalue weighted by Crippen LogP contribution is -1.97. The topological polar surface area (TPSA) is 59.4 Å². The quantitative estimate of drug-likeness (QED) is 0.926. The first kappa shape index (κ1) is 12.3. The summed E-state index contributed by atoms with van der Waals surface area (Å²) >= 11 is 5.77. The lowest BCUT2D eigenvalue weighted by atomic mass is 10.3. The van der Waals surface area contributed by atoms with Gasteiger partial charge < -0.3 is 9.84 Å². The average Bonchev–Trinajstić information content (AvgIpc) is 2.33. The van der Waals surface area contributed by atoms with Crippen molar-refractivity contribution < 1.29 is 19.0 Å². The van der Waals surface area contributed by atoms with E-state index >= 15 is 0 Å². The molecular formula is C12H7ClFNO3. The van der Waals surface area contributed by atoms with Crippen LogP contribution in [0.15, 0.2) is 36.5 Å². The first-order chi connectivity index (χ1) is 8.56. The summed E-state index contributed by atoms with van der Waals surface area (Å²) in [7, 11) is 0. The molecule has 1 heterocycles. The standard InChI is InChI=1S/C12H7ClFNO3/c13-9-5-8(14)2-3-10(9)18-11-4-1-7(6-15-11)12(16)17/h1-6H,(H,16,17). The third-order valence-corrected chi connectivity index (χ3v) is 2.39. The largest absolute Gasteiger partial charge is 0.478 e.